The van der Waals surface area contributed by atoms with Gasteiger partial charge in [0, 0.05) is 35.6 Å². The van der Waals surface area contributed by atoms with Crippen LogP contribution in [0.1, 0.15) is 12.5 Å². The molecule has 10 nitrogen and oxygen atoms in total. The zero-order chi connectivity index (χ0) is 22.0. The minimum atomic E-state index is -0.748. The summed E-state index contributed by atoms with van der Waals surface area (Å²) in [4.78, 5) is 47.5. The van der Waals surface area contributed by atoms with Crippen LogP contribution in [0.2, 0.25) is 0 Å². The van der Waals surface area contributed by atoms with E-state index >= 15 is 0 Å². The number of non-ortho nitro benzene ring substituents is 2. The third-order valence-corrected chi connectivity index (χ3v) is 4.50. The normalized spacial score (nSPS) is 14.9. The molecular weight excluding hydrogens is 394 g/mol. The number of hydrogen-bond donors (Lipinski definition) is 0. The van der Waals surface area contributed by atoms with Gasteiger partial charge in [-0.15, -0.1) is 0 Å². The Kier molecular flexibility index (Phi) is 5.41. The Morgan fingerprint density at radius 3 is 2.23 bits per heavy atom. The molecule has 0 unspecified atom stereocenters. The molecule has 2 aromatic carbocycles. The summed E-state index contributed by atoms with van der Waals surface area (Å²) >= 11 is 0. The lowest BCUT2D eigenvalue weighted by atomic mass is 10.0. The zero-order valence-electron chi connectivity index (χ0n) is 15.9. The first kappa shape index (κ1) is 20.4. The number of carbonyl (C=O) groups excluding carboxylic acids is 2. The van der Waals surface area contributed by atoms with E-state index in [4.69, 9.17) is 4.74 Å². The largest absolute Gasteiger partial charge is 0.465 e. The zero-order valence-corrected chi connectivity index (χ0v) is 15.9. The quantitative estimate of drug-likeness (QED) is 0.320. The van der Waals surface area contributed by atoms with Crippen LogP contribution in [-0.4, -0.2) is 28.8 Å². The monoisotopic (exact) mass is 409 g/mol. The van der Waals surface area contributed by atoms with Gasteiger partial charge in [0.15, 0.2) is 0 Å². The van der Waals surface area contributed by atoms with Crippen LogP contribution in [0.4, 0.5) is 17.1 Å². The number of benzene rings is 2. The minimum absolute atomic E-state index is 0.00167. The molecule has 0 fully saturated rings. The van der Waals surface area contributed by atoms with Crippen molar-refractivity contribution < 1.29 is 24.2 Å². The smallest absolute Gasteiger partial charge is 0.340 e. The van der Waals surface area contributed by atoms with Gasteiger partial charge in [0.05, 0.1) is 28.1 Å². The van der Waals surface area contributed by atoms with Crippen LogP contribution in [-0.2, 0) is 14.3 Å². The number of nitrogens with zero attached hydrogens (tertiary/aromatic N) is 3. The van der Waals surface area contributed by atoms with Gasteiger partial charge in [-0.2, -0.15) is 0 Å². The third kappa shape index (κ3) is 3.65. The Balaban J connectivity index is 2.11. The van der Waals surface area contributed by atoms with E-state index < -0.39 is 21.7 Å². The maximum absolute atomic E-state index is 13.1. The first-order valence-corrected chi connectivity index (χ1v) is 8.59. The molecule has 0 saturated heterocycles. The molecule has 3 rings (SSSR count). The molecule has 10 heteroatoms. The fourth-order valence-corrected chi connectivity index (χ4v) is 3.11. The number of rotatable bonds is 5. The summed E-state index contributed by atoms with van der Waals surface area (Å²) in [5.74, 6) is -1.31. The summed E-state index contributed by atoms with van der Waals surface area (Å²) in [7, 11) is 1.17. The van der Waals surface area contributed by atoms with E-state index in [1.54, 1.807) is 13.0 Å². The van der Waals surface area contributed by atoms with Crippen molar-refractivity contribution >= 4 is 35.0 Å². The van der Waals surface area contributed by atoms with Crippen molar-refractivity contribution in [3.63, 3.8) is 0 Å². The van der Waals surface area contributed by atoms with Crippen LogP contribution in [0.3, 0.4) is 0 Å². The molecule has 0 saturated carbocycles. The first-order chi connectivity index (χ1) is 14.2. The van der Waals surface area contributed by atoms with E-state index in [9.17, 15) is 29.8 Å². The summed E-state index contributed by atoms with van der Waals surface area (Å²) in [6.07, 6.45) is 1.37. The Labute approximate surface area is 170 Å². The van der Waals surface area contributed by atoms with Gasteiger partial charge in [-0.05, 0) is 30.7 Å². The highest BCUT2D eigenvalue weighted by molar-refractivity contribution is 6.23. The molecule has 2 aromatic rings. The van der Waals surface area contributed by atoms with Crippen LogP contribution in [0.5, 0.6) is 0 Å². The number of ether oxygens (including phenoxy) is 1. The molecule has 0 radical (unpaired) electrons. The molecule has 0 aliphatic carbocycles. The van der Waals surface area contributed by atoms with E-state index in [-0.39, 0.29) is 28.2 Å². The topological polar surface area (TPSA) is 133 Å². The lowest BCUT2D eigenvalue weighted by molar-refractivity contribution is -0.385. The molecule has 1 heterocycles. The SMILES string of the molecule is COC(=O)C1=C(C)N(c2ccc([N+](=O)[O-])cc2)C(=O)/C1=C\c1cccc([N+](=O)[O-])c1. The van der Waals surface area contributed by atoms with Crippen molar-refractivity contribution in [2.24, 2.45) is 0 Å². The van der Waals surface area contributed by atoms with E-state index in [2.05, 4.69) is 0 Å². The third-order valence-electron chi connectivity index (χ3n) is 4.50. The molecule has 1 aliphatic rings. The van der Waals surface area contributed by atoms with Crippen LogP contribution in [0, 0.1) is 20.2 Å². The van der Waals surface area contributed by atoms with Crippen LogP contribution in [0.15, 0.2) is 65.4 Å². The second-order valence-corrected chi connectivity index (χ2v) is 6.28. The van der Waals surface area contributed by atoms with Gasteiger partial charge < -0.3 is 4.74 Å². The summed E-state index contributed by atoms with van der Waals surface area (Å²) in [5, 5.41) is 21.9. The van der Waals surface area contributed by atoms with E-state index in [1.165, 1.54) is 60.6 Å². The number of methoxy groups -OCH3 is 1. The molecule has 0 bridgehead atoms. The summed E-state index contributed by atoms with van der Waals surface area (Å²) in [5.41, 5.74) is 0.650. The van der Waals surface area contributed by atoms with Crippen molar-refractivity contribution in [2.75, 3.05) is 12.0 Å². The molecular formula is C20H15N3O7. The van der Waals surface area contributed by atoms with Crippen molar-refractivity contribution in [3.05, 3.63) is 91.2 Å². The standard InChI is InChI=1S/C20H15N3O7/c1-12-18(20(25)30-2)17(11-13-4-3-5-16(10-13)23(28)29)19(24)21(12)14-6-8-15(9-7-14)22(26)27/h3-11H,1-2H3/b17-11-. The number of allylic oxidation sites excluding steroid dienone is 1. The second kappa shape index (κ2) is 7.95. The summed E-state index contributed by atoms with van der Waals surface area (Å²) in [6.45, 7) is 1.54. The lowest BCUT2D eigenvalue weighted by Gasteiger charge is -2.17. The fourth-order valence-electron chi connectivity index (χ4n) is 3.11. The second-order valence-electron chi connectivity index (χ2n) is 6.28. The molecule has 152 valence electrons. The molecule has 0 atom stereocenters. The van der Waals surface area contributed by atoms with E-state index in [0.717, 1.165) is 0 Å². The highest BCUT2D eigenvalue weighted by atomic mass is 16.6. The van der Waals surface area contributed by atoms with Gasteiger partial charge >= 0.3 is 5.97 Å². The van der Waals surface area contributed by atoms with Gasteiger partial charge in [-0.25, -0.2) is 4.79 Å². The molecule has 1 aliphatic heterocycles. The Bertz CT molecular complexity index is 1130. The molecule has 0 N–H and O–H groups in total. The number of anilines is 1. The number of hydrogen-bond acceptors (Lipinski definition) is 7. The number of amides is 1. The number of carbonyl (C=O) groups is 2. The maximum Gasteiger partial charge on any atom is 0.340 e. The predicted molar refractivity (Wildman–Crippen MR) is 106 cm³/mol. The number of nitro groups is 2. The summed E-state index contributed by atoms with van der Waals surface area (Å²) in [6, 6.07) is 10.9. The van der Waals surface area contributed by atoms with Gasteiger partial charge in [0.2, 0.25) is 0 Å². The highest BCUT2D eigenvalue weighted by Crippen LogP contribution is 2.36. The van der Waals surface area contributed by atoms with Gasteiger partial charge in [0.1, 0.15) is 0 Å². The van der Waals surface area contributed by atoms with Crippen molar-refractivity contribution in [1.29, 1.82) is 0 Å². The maximum atomic E-state index is 13.1. The number of nitro benzene ring substituents is 2. The summed E-state index contributed by atoms with van der Waals surface area (Å²) < 4.78 is 4.80. The van der Waals surface area contributed by atoms with E-state index in [1.807, 2.05) is 0 Å². The van der Waals surface area contributed by atoms with Gasteiger partial charge in [-0.3, -0.25) is 29.9 Å². The Morgan fingerprint density at radius 1 is 1.03 bits per heavy atom. The van der Waals surface area contributed by atoms with Crippen molar-refractivity contribution in [3.8, 4) is 0 Å². The van der Waals surface area contributed by atoms with Gasteiger partial charge in [-0.1, -0.05) is 12.1 Å². The fraction of sp³-hybridized carbons (Fsp3) is 0.100. The Hall–Kier alpha value is -4.34. The Morgan fingerprint density at radius 2 is 1.67 bits per heavy atom. The average molecular weight is 409 g/mol. The molecule has 0 aromatic heterocycles. The predicted octanol–water partition coefficient (Wildman–Crippen LogP) is 3.38. The number of esters is 1. The lowest BCUT2D eigenvalue weighted by Crippen LogP contribution is -2.24. The highest BCUT2D eigenvalue weighted by Gasteiger charge is 2.38. The van der Waals surface area contributed by atoms with Gasteiger partial charge in [0.25, 0.3) is 17.3 Å². The van der Waals surface area contributed by atoms with Crippen LogP contribution < -0.4 is 4.90 Å². The van der Waals surface area contributed by atoms with Crippen LogP contribution >= 0.6 is 0 Å². The van der Waals surface area contributed by atoms with Crippen LogP contribution in [0.25, 0.3) is 6.08 Å². The van der Waals surface area contributed by atoms with E-state index in [0.29, 0.717) is 11.3 Å². The molecule has 30 heavy (non-hydrogen) atoms. The van der Waals surface area contributed by atoms with Crippen molar-refractivity contribution in [1.82, 2.24) is 0 Å². The molecule has 0 spiro atoms. The molecule has 1 amide bonds. The first-order valence-electron chi connectivity index (χ1n) is 8.59. The van der Waals surface area contributed by atoms with Crippen molar-refractivity contribution in [2.45, 2.75) is 6.92 Å². The minimum Gasteiger partial charge on any atom is -0.465 e. The average Bonchev–Trinajstić information content (AvgIpc) is 2.97.